The van der Waals surface area contributed by atoms with Crippen LogP contribution in [-0.4, -0.2) is 4.98 Å². The van der Waals surface area contributed by atoms with Crippen LogP contribution in [0.1, 0.15) is 29.1 Å². The van der Waals surface area contributed by atoms with Gasteiger partial charge in [0.25, 0.3) is 0 Å². The topological polar surface area (TPSA) is 12.9 Å². The van der Waals surface area contributed by atoms with E-state index in [9.17, 15) is 4.39 Å². The highest BCUT2D eigenvalue weighted by Crippen LogP contribution is 2.22. The number of hydrogen-bond donors (Lipinski definition) is 0. The lowest BCUT2D eigenvalue weighted by Gasteiger charge is -2.17. The van der Waals surface area contributed by atoms with Crippen molar-refractivity contribution < 1.29 is 7.13 Å². The molecule has 18 heavy (non-hydrogen) atoms. The Bertz CT molecular complexity index is 583. The van der Waals surface area contributed by atoms with Gasteiger partial charge in [-0.05, 0) is 47.7 Å². The first-order chi connectivity index (χ1) is 9.22. The van der Waals surface area contributed by atoms with Gasteiger partial charge in [-0.3, -0.25) is 4.98 Å². The Balaban J connectivity index is 2.33. The van der Waals surface area contributed by atoms with Crippen LogP contribution < -0.4 is 0 Å². The first kappa shape index (κ1) is 10.2. The van der Waals surface area contributed by atoms with E-state index in [-0.39, 0.29) is 5.82 Å². The number of pyridine rings is 1. The minimum Gasteiger partial charge on any atom is -0.256 e. The predicted octanol–water partition coefficient (Wildman–Crippen LogP) is 4.48. The van der Waals surface area contributed by atoms with Crippen molar-refractivity contribution in [2.24, 2.45) is 5.41 Å². The molecule has 1 heterocycles. The van der Waals surface area contributed by atoms with Gasteiger partial charge in [0.1, 0.15) is 5.82 Å². The second kappa shape index (κ2) is 4.89. The maximum Gasteiger partial charge on any atom is 0.123 e. The molecule has 2 heteroatoms. The highest BCUT2D eigenvalue weighted by atomic mass is 19.1. The SMILES string of the molecule is [2H]C([2H])(c1ccc(-c2ccc(F)cc2)nc1)C(C)(C)C. The molecule has 1 aromatic carbocycles. The van der Waals surface area contributed by atoms with Crippen molar-refractivity contribution in [3.63, 3.8) is 0 Å². The molecule has 1 aromatic heterocycles. The molecule has 0 amide bonds. The molecule has 0 aliphatic heterocycles. The third kappa shape index (κ3) is 3.39. The Labute approximate surface area is 111 Å². The molecule has 0 N–H and O–H groups in total. The Hall–Kier alpha value is -1.70. The van der Waals surface area contributed by atoms with Crippen molar-refractivity contribution in [3.05, 3.63) is 54.0 Å². The fourth-order valence-corrected chi connectivity index (χ4v) is 1.69. The van der Waals surface area contributed by atoms with E-state index < -0.39 is 11.8 Å². The summed E-state index contributed by atoms with van der Waals surface area (Å²) in [4.78, 5) is 4.30. The second-order valence-corrected chi connectivity index (χ2v) is 5.31. The van der Waals surface area contributed by atoms with E-state index in [2.05, 4.69) is 4.98 Å². The largest absolute Gasteiger partial charge is 0.256 e. The van der Waals surface area contributed by atoms with Crippen LogP contribution in [0, 0.1) is 11.2 Å². The Morgan fingerprint density at radius 3 is 2.28 bits per heavy atom. The highest BCUT2D eigenvalue weighted by molar-refractivity contribution is 5.58. The number of rotatable bonds is 2. The van der Waals surface area contributed by atoms with Gasteiger partial charge in [-0.1, -0.05) is 26.8 Å². The van der Waals surface area contributed by atoms with E-state index in [1.165, 1.54) is 12.1 Å². The van der Waals surface area contributed by atoms with Crippen LogP contribution in [0.4, 0.5) is 4.39 Å². The number of aromatic nitrogens is 1. The van der Waals surface area contributed by atoms with E-state index in [0.29, 0.717) is 11.3 Å². The minimum absolute atomic E-state index is 0.283. The molecule has 0 saturated carbocycles. The van der Waals surface area contributed by atoms with Crippen LogP contribution in [-0.2, 0) is 6.37 Å². The summed E-state index contributed by atoms with van der Waals surface area (Å²) in [5.41, 5.74) is 1.56. The van der Waals surface area contributed by atoms with Crippen LogP contribution in [0.25, 0.3) is 11.3 Å². The molecule has 2 rings (SSSR count). The zero-order valence-corrected chi connectivity index (χ0v) is 10.9. The standard InChI is InChI=1S/C16H18FN/c1-16(2,3)10-12-4-9-15(18-11-12)13-5-7-14(17)8-6-13/h4-9,11H,10H2,1-3H3/i10D2. The Morgan fingerprint density at radius 2 is 1.78 bits per heavy atom. The van der Waals surface area contributed by atoms with Crippen molar-refractivity contribution >= 4 is 0 Å². The van der Waals surface area contributed by atoms with Crippen LogP contribution in [0.5, 0.6) is 0 Å². The molecular weight excluding hydrogens is 225 g/mol. The van der Waals surface area contributed by atoms with Crippen molar-refractivity contribution in [1.29, 1.82) is 0 Å². The molecule has 94 valence electrons. The van der Waals surface area contributed by atoms with Crippen LogP contribution in [0.2, 0.25) is 0 Å². The highest BCUT2D eigenvalue weighted by Gasteiger charge is 2.11. The van der Waals surface area contributed by atoms with Gasteiger partial charge in [0.2, 0.25) is 0 Å². The molecule has 0 spiro atoms. The molecular formula is C16H18FN. The van der Waals surface area contributed by atoms with Crippen LogP contribution in [0.15, 0.2) is 42.6 Å². The maximum absolute atomic E-state index is 12.9. The summed E-state index contributed by atoms with van der Waals surface area (Å²) in [6.07, 6.45) is 0.102. The molecule has 0 radical (unpaired) electrons. The van der Waals surface area contributed by atoms with Crippen molar-refractivity contribution in [1.82, 2.24) is 4.98 Å². The third-order valence-electron chi connectivity index (χ3n) is 2.42. The average molecular weight is 245 g/mol. The van der Waals surface area contributed by atoms with E-state index in [1.54, 1.807) is 30.5 Å². The fourth-order valence-electron chi connectivity index (χ4n) is 1.69. The van der Waals surface area contributed by atoms with Gasteiger partial charge in [-0.25, -0.2) is 4.39 Å². The zero-order chi connectivity index (χ0) is 15.0. The van der Waals surface area contributed by atoms with Gasteiger partial charge < -0.3 is 0 Å². The average Bonchev–Trinajstić information content (AvgIpc) is 2.38. The van der Waals surface area contributed by atoms with Crippen molar-refractivity contribution in [2.45, 2.75) is 27.1 Å². The van der Waals surface area contributed by atoms with E-state index in [4.69, 9.17) is 2.74 Å². The smallest absolute Gasteiger partial charge is 0.123 e. The number of hydrogen-bond acceptors (Lipinski definition) is 1. The minimum atomic E-state index is -1.46. The number of nitrogens with zero attached hydrogens (tertiary/aromatic N) is 1. The van der Waals surface area contributed by atoms with Gasteiger partial charge in [0.15, 0.2) is 0 Å². The van der Waals surface area contributed by atoms with Crippen LogP contribution >= 0.6 is 0 Å². The van der Waals surface area contributed by atoms with Gasteiger partial charge in [0.05, 0.1) is 5.69 Å². The van der Waals surface area contributed by atoms with Gasteiger partial charge >= 0.3 is 0 Å². The molecule has 0 fully saturated rings. The van der Waals surface area contributed by atoms with Gasteiger partial charge in [-0.2, -0.15) is 0 Å². The fraction of sp³-hybridized carbons (Fsp3) is 0.312. The normalized spacial score (nSPS) is 14.0. The summed E-state index contributed by atoms with van der Waals surface area (Å²) in [6.45, 7) is 5.59. The molecule has 0 unspecified atom stereocenters. The van der Waals surface area contributed by atoms with Crippen molar-refractivity contribution in [3.8, 4) is 11.3 Å². The summed E-state index contributed by atoms with van der Waals surface area (Å²) in [7, 11) is 0. The van der Waals surface area contributed by atoms with Gasteiger partial charge in [0, 0.05) is 14.5 Å². The third-order valence-corrected chi connectivity index (χ3v) is 2.42. The molecule has 0 aliphatic rings. The summed E-state index contributed by atoms with van der Waals surface area (Å²) in [5.74, 6) is -0.283. The lowest BCUT2D eigenvalue weighted by molar-refractivity contribution is 0.411. The second-order valence-electron chi connectivity index (χ2n) is 5.31. The van der Waals surface area contributed by atoms with E-state index >= 15 is 0 Å². The van der Waals surface area contributed by atoms with E-state index in [0.717, 1.165) is 5.56 Å². The maximum atomic E-state index is 12.9. The Morgan fingerprint density at radius 1 is 1.11 bits per heavy atom. The number of halogens is 1. The van der Waals surface area contributed by atoms with E-state index in [1.807, 2.05) is 20.8 Å². The summed E-state index contributed by atoms with van der Waals surface area (Å²) in [5, 5.41) is 0. The summed E-state index contributed by atoms with van der Waals surface area (Å²) in [6, 6.07) is 9.62. The van der Waals surface area contributed by atoms with Gasteiger partial charge in [-0.15, -0.1) is 0 Å². The first-order valence-corrected chi connectivity index (χ1v) is 5.94. The first-order valence-electron chi connectivity index (χ1n) is 6.94. The molecule has 0 bridgehead atoms. The zero-order valence-electron chi connectivity index (χ0n) is 12.9. The van der Waals surface area contributed by atoms with Crippen LogP contribution in [0.3, 0.4) is 0 Å². The molecule has 1 nitrogen and oxygen atoms in total. The summed E-state index contributed by atoms with van der Waals surface area (Å²) < 4.78 is 29.3. The van der Waals surface area contributed by atoms with Crippen molar-refractivity contribution in [2.75, 3.05) is 0 Å². The molecule has 2 aromatic rings. The monoisotopic (exact) mass is 245 g/mol. The number of benzene rings is 1. The lowest BCUT2D eigenvalue weighted by atomic mass is 9.89. The molecule has 0 saturated heterocycles. The summed E-state index contributed by atoms with van der Waals surface area (Å²) >= 11 is 0. The lowest BCUT2D eigenvalue weighted by Crippen LogP contribution is -2.09. The molecule has 0 aliphatic carbocycles. The predicted molar refractivity (Wildman–Crippen MR) is 72.8 cm³/mol. The quantitative estimate of drug-likeness (QED) is 0.760. The molecule has 0 atom stereocenters. The Kier molecular flexibility index (Phi) is 2.78.